The molecule has 25 heavy (non-hydrogen) atoms. The molecule has 0 unspecified atom stereocenters. The Morgan fingerprint density at radius 1 is 0.880 bits per heavy atom. The average Bonchev–Trinajstić information content (AvgIpc) is 2.69. The molecule has 0 N–H and O–H groups in total. The molecular weight excluding hydrogens is 306 g/mol. The van der Waals surface area contributed by atoms with Gasteiger partial charge in [-0.05, 0) is 55.6 Å². The molecule has 4 rings (SSSR count). The third-order valence-electron chi connectivity index (χ3n) is 5.98. The molecule has 0 bridgehead atoms. The second-order valence-electron chi connectivity index (χ2n) is 7.75. The summed E-state index contributed by atoms with van der Waals surface area (Å²) in [5, 5.41) is 0. The number of hydrogen-bond donors (Lipinski definition) is 0. The Labute approximate surface area is 150 Å². The second kappa shape index (κ2) is 7.51. The molecule has 1 aromatic heterocycles. The summed E-state index contributed by atoms with van der Waals surface area (Å²) in [4.78, 5) is 12.6. The zero-order chi connectivity index (χ0) is 17.1. The predicted molar refractivity (Wildman–Crippen MR) is 99.9 cm³/mol. The Bertz CT molecular complexity index is 741. The van der Waals surface area contributed by atoms with Crippen LogP contribution in [0.25, 0.3) is 0 Å². The van der Waals surface area contributed by atoms with E-state index in [1.807, 2.05) is 12.1 Å². The standard InChI is InChI=1S/C23H28NO/c25-23(17-24-15-14-19-8-4-5-9-22(19)16-24)21-12-10-20(11-13-21)18-6-2-1-3-7-18/h10-16,18H,1-9,17H2/q+1. The summed E-state index contributed by atoms with van der Waals surface area (Å²) in [6.07, 6.45) is 15.8. The molecular formula is C23H28NO+. The van der Waals surface area contributed by atoms with E-state index < -0.39 is 0 Å². The van der Waals surface area contributed by atoms with Gasteiger partial charge in [0.2, 0.25) is 12.3 Å². The maximum Gasteiger partial charge on any atom is 0.227 e. The van der Waals surface area contributed by atoms with E-state index in [1.54, 1.807) is 0 Å². The smallest absolute Gasteiger partial charge is 0.227 e. The molecule has 2 heteroatoms. The van der Waals surface area contributed by atoms with Crippen molar-refractivity contribution in [1.82, 2.24) is 0 Å². The summed E-state index contributed by atoms with van der Waals surface area (Å²) in [7, 11) is 0. The number of benzene rings is 1. The van der Waals surface area contributed by atoms with Crippen molar-refractivity contribution in [2.45, 2.75) is 70.3 Å². The number of rotatable bonds is 4. The van der Waals surface area contributed by atoms with E-state index in [9.17, 15) is 4.79 Å². The third-order valence-corrected chi connectivity index (χ3v) is 5.98. The van der Waals surface area contributed by atoms with E-state index in [4.69, 9.17) is 0 Å². The van der Waals surface area contributed by atoms with Crippen LogP contribution in [0.2, 0.25) is 0 Å². The van der Waals surface area contributed by atoms with Crippen LogP contribution >= 0.6 is 0 Å². The van der Waals surface area contributed by atoms with Crippen LogP contribution in [0.3, 0.4) is 0 Å². The van der Waals surface area contributed by atoms with Gasteiger partial charge in [-0.2, -0.15) is 4.57 Å². The average molecular weight is 334 g/mol. The number of carbonyl (C=O) groups is 1. The van der Waals surface area contributed by atoms with Gasteiger partial charge in [-0.15, -0.1) is 0 Å². The van der Waals surface area contributed by atoms with E-state index in [0.29, 0.717) is 12.5 Å². The predicted octanol–water partition coefficient (Wildman–Crippen LogP) is 4.78. The van der Waals surface area contributed by atoms with Gasteiger partial charge in [0.15, 0.2) is 12.4 Å². The van der Waals surface area contributed by atoms with Gasteiger partial charge in [0.25, 0.3) is 0 Å². The summed E-state index contributed by atoms with van der Waals surface area (Å²) >= 11 is 0. The number of aromatic nitrogens is 1. The Morgan fingerprint density at radius 2 is 1.60 bits per heavy atom. The minimum absolute atomic E-state index is 0.205. The highest BCUT2D eigenvalue weighted by Crippen LogP contribution is 2.32. The molecule has 0 aliphatic heterocycles. The van der Waals surface area contributed by atoms with Gasteiger partial charge in [0.05, 0.1) is 0 Å². The van der Waals surface area contributed by atoms with Crippen molar-refractivity contribution in [1.29, 1.82) is 0 Å². The van der Waals surface area contributed by atoms with Crippen LogP contribution in [0.5, 0.6) is 0 Å². The maximum absolute atomic E-state index is 12.6. The van der Waals surface area contributed by atoms with Gasteiger partial charge in [-0.3, -0.25) is 4.79 Å². The van der Waals surface area contributed by atoms with E-state index >= 15 is 0 Å². The van der Waals surface area contributed by atoms with Crippen molar-refractivity contribution in [3.05, 3.63) is 65.0 Å². The number of ketones is 1. The van der Waals surface area contributed by atoms with Crippen molar-refractivity contribution in [3.8, 4) is 0 Å². The molecule has 2 nitrogen and oxygen atoms in total. The van der Waals surface area contributed by atoms with E-state index in [1.165, 1.54) is 68.1 Å². The minimum Gasteiger partial charge on any atom is -0.287 e. The van der Waals surface area contributed by atoms with Crippen LogP contribution in [0.15, 0.2) is 42.7 Å². The monoisotopic (exact) mass is 334 g/mol. The van der Waals surface area contributed by atoms with Crippen molar-refractivity contribution in [2.75, 3.05) is 0 Å². The van der Waals surface area contributed by atoms with Crippen LogP contribution in [-0.4, -0.2) is 5.78 Å². The fourth-order valence-corrected chi connectivity index (χ4v) is 4.45. The van der Waals surface area contributed by atoms with Crippen LogP contribution in [0.1, 0.15) is 77.9 Å². The van der Waals surface area contributed by atoms with Crippen molar-refractivity contribution in [2.24, 2.45) is 0 Å². The fourth-order valence-electron chi connectivity index (χ4n) is 4.45. The largest absolute Gasteiger partial charge is 0.287 e. The lowest BCUT2D eigenvalue weighted by Gasteiger charge is -2.21. The quantitative estimate of drug-likeness (QED) is 0.582. The highest BCUT2D eigenvalue weighted by Gasteiger charge is 2.18. The van der Waals surface area contributed by atoms with Gasteiger partial charge in [0.1, 0.15) is 0 Å². The number of Topliss-reactive ketones (excluding diaryl/α,β-unsaturated/α-hetero) is 1. The first-order chi connectivity index (χ1) is 12.3. The molecule has 0 spiro atoms. The minimum atomic E-state index is 0.205. The van der Waals surface area contributed by atoms with Crippen LogP contribution in [-0.2, 0) is 19.4 Å². The van der Waals surface area contributed by atoms with Gasteiger partial charge in [0, 0.05) is 17.2 Å². The van der Waals surface area contributed by atoms with Gasteiger partial charge >= 0.3 is 0 Å². The van der Waals surface area contributed by atoms with Crippen molar-refractivity contribution >= 4 is 5.78 Å². The van der Waals surface area contributed by atoms with Gasteiger partial charge in [-0.25, -0.2) is 0 Å². The number of fused-ring (bicyclic) bond motifs is 1. The number of carbonyl (C=O) groups excluding carboxylic acids is 1. The summed E-state index contributed by atoms with van der Waals surface area (Å²) in [5.74, 6) is 0.906. The highest BCUT2D eigenvalue weighted by atomic mass is 16.1. The fraction of sp³-hybridized carbons (Fsp3) is 0.478. The highest BCUT2D eigenvalue weighted by molar-refractivity contribution is 5.95. The summed E-state index contributed by atoms with van der Waals surface area (Å²) in [6.45, 7) is 0.441. The Hall–Kier alpha value is -1.96. The topological polar surface area (TPSA) is 20.9 Å². The Morgan fingerprint density at radius 3 is 2.36 bits per heavy atom. The molecule has 1 saturated carbocycles. The maximum atomic E-state index is 12.6. The van der Waals surface area contributed by atoms with E-state index in [2.05, 4.69) is 35.2 Å². The molecule has 2 aromatic rings. The molecule has 0 radical (unpaired) electrons. The van der Waals surface area contributed by atoms with E-state index in [0.717, 1.165) is 12.0 Å². The third kappa shape index (κ3) is 3.84. The Kier molecular flexibility index (Phi) is 4.96. The second-order valence-corrected chi connectivity index (χ2v) is 7.75. The zero-order valence-electron chi connectivity index (χ0n) is 15.0. The molecule has 2 aliphatic rings. The number of aryl methyl sites for hydroxylation is 2. The lowest BCUT2D eigenvalue weighted by molar-refractivity contribution is -0.683. The molecule has 0 atom stereocenters. The number of pyridine rings is 1. The molecule has 130 valence electrons. The lowest BCUT2D eigenvalue weighted by Crippen LogP contribution is -2.38. The molecule has 2 aliphatic carbocycles. The summed E-state index contributed by atoms with van der Waals surface area (Å²) < 4.78 is 2.06. The first kappa shape index (κ1) is 16.5. The molecule has 1 fully saturated rings. The molecule has 1 aromatic carbocycles. The molecule has 1 heterocycles. The summed E-state index contributed by atoms with van der Waals surface area (Å²) in [5.41, 5.74) is 5.14. The van der Waals surface area contributed by atoms with Crippen LogP contribution in [0.4, 0.5) is 0 Å². The van der Waals surface area contributed by atoms with Crippen molar-refractivity contribution in [3.63, 3.8) is 0 Å². The number of nitrogens with zero attached hydrogens (tertiary/aromatic N) is 1. The van der Waals surface area contributed by atoms with Crippen LogP contribution < -0.4 is 4.57 Å². The Balaban J connectivity index is 1.44. The zero-order valence-corrected chi connectivity index (χ0v) is 15.0. The van der Waals surface area contributed by atoms with E-state index in [-0.39, 0.29) is 5.78 Å². The summed E-state index contributed by atoms with van der Waals surface area (Å²) in [6, 6.07) is 10.6. The molecule has 0 amide bonds. The SMILES string of the molecule is O=C(C[n+]1ccc2c(c1)CCCC2)c1ccc(C2CCCCC2)cc1. The molecule has 0 saturated heterocycles. The normalized spacial score (nSPS) is 17.9. The van der Waals surface area contributed by atoms with Gasteiger partial charge in [-0.1, -0.05) is 43.5 Å². The van der Waals surface area contributed by atoms with Crippen molar-refractivity contribution < 1.29 is 9.36 Å². The van der Waals surface area contributed by atoms with Gasteiger partial charge < -0.3 is 0 Å². The lowest BCUT2D eigenvalue weighted by atomic mass is 9.84. The first-order valence-corrected chi connectivity index (χ1v) is 9.93. The van der Waals surface area contributed by atoms with Crippen LogP contribution in [0, 0.1) is 0 Å². The number of hydrogen-bond acceptors (Lipinski definition) is 1. The first-order valence-electron chi connectivity index (χ1n) is 9.93.